The van der Waals surface area contributed by atoms with Crippen LogP contribution in [0.4, 0.5) is 0 Å². The van der Waals surface area contributed by atoms with Crippen molar-refractivity contribution in [1.82, 2.24) is 9.88 Å². The van der Waals surface area contributed by atoms with E-state index in [1.165, 1.54) is 0 Å². The van der Waals surface area contributed by atoms with E-state index in [0.29, 0.717) is 12.2 Å². The third-order valence-electron chi connectivity index (χ3n) is 2.96. The molecule has 0 aliphatic rings. The standard InChI is InChI=1S/C13H22BrN3O.ClH/c1-3-5-6-11(8-15)16-13(18)12-7-10(14)9-17(12)4-2;/h7,9,11H,3-6,8,15H2,1-2H3,(H,16,18);1H. The average molecular weight is 353 g/mol. The summed E-state index contributed by atoms with van der Waals surface area (Å²) >= 11 is 3.39. The molecule has 4 nitrogen and oxygen atoms in total. The molecule has 1 atom stereocenters. The topological polar surface area (TPSA) is 60.0 Å². The third-order valence-corrected chi connectivity index (χ3v) is 3.40. The molecule has 0 radical (unpaired) electrons. The quantitative estimate of drug-likeness (QED) is 0.792. The van der Waals surface area contributed by atoms with Crippen LogP contribution in [-0.4, -0.2) is 23.1 Å². The molecule has 110 valence electrons. The second-order valence-corrected chi connectivity index (χ2v) is 5.29. The average Bonchev–Trinajstić information content (AvgIpc) is 2.75. The van der Waals surface area contributed by atoms with E-state index in [1.54, 1.807) is 0 Å². The zero-order valence-electron chi connectivity index (χ0n) is 11.5. The van der Waals surface area contributed by atoms with Crippen LogP contribution in [0.1, 0.15) is 43.6 Å². The highest BCUT2D eigenvalue weighted by atomic mass is 79.9. The minimum atomic E-state index is -0.0471. The van der Waals surface area contributed by atoms with Gasteiger partial charge in [-0.25, -0.2) is 0 Å². The Balaban J connectivity index is 0.00000324. The number of carbonyl (C=O) groups excluding carboxylic acids is 1. The fourth-order valence-corrected chi connectivity index (χ4v) is 2.35. The molecule has 0 fully saturated rings. The maximum absolute atomic E-state index is 12.2. The number of aryl methyl sites for hydroxylation is 1. The molecule has 1 rings (SSSR count). The Bertz CT molecular complexity index is 395. The van der Waals surface area contributed by atoms with Crippen molar-refractivity contribution in [1.29, 1.82) is 0 Å². The summed E-state index contributed by atoms with van der Waals surface area (Å²) in [4.78, 5) is 12.2. The van der Waals surface area contributed by atoms with Gasteiger partial charge in [0.1, 0.15) is 5.69 Å². The number of hydrogen-bond acceptors (Lipinski definition) is 2. The van der Waals surface area contributed by atoms with Crippen molar-refractivity contribution in [3.63, 3.8) is 0 Å². The number of hydrogen-bond donors (Lipinski definition) is 2. The Morgan fingerprint density at radius 3 is 2.74 bits per heavy atom. The minimum Gasteiger partial charge on any atom is -0.347 e. The first-order chi connectivity index (χ1) is 8.62. The molecule has 1 aromatic heterocycles. The predicted octanol–water partition coefficient (Wildman–Crippen LogP) is 2.94. The normalized spacial score (nSPS) is 11.8. The molecule has 0 saturated carbocycles. The van der Waals surface area contributed by atoms with Crippen LogP contribution >= 0.6 is 28.3 Å². The molecule has 19 heavy (non-hydrogen) atoms. The van der Waals surface area contributed by atoms with Gasteiger partial charge in [-0.2, -0.15) is 0 Å². The number of amides is 1. The number of carbonyl (C=O) groups is 1. The molecule has 0 bridgehead atoms. The molecule has 0 aliphatic carbocycles. The Hall–Kier alpha value is -0.520. The molecule has 0 aliphatic heterocycles. The molecule has 0 saturated heterocycles. The van der Waals surface area contributed by atoms with Crippen LogP contribution in [0.5, 0.6) is 0 Å². The van der Waals surface area contributed by atoms with Crippen LogP contribution in [-0.2, 0) is 6.54 Å². The molecule has 6 heteroatoms. The Morgan fingerprint density at radius 2 is 2.21 bits per heavy atom. The molecule has 1 heterocycles. The van der Waals surface area contributed by atoms with Gasteiger partial charge in [-0.05, 0) is 35.3 Å². The maximum Gasteiger partial charge on any atom is 0.268 e. The second kappa shape index (κ2) is 9.39. The zero-order chi connectivity index (χ0) is 13.5. The molecule has 3 N–H and O–H groups in total. The SMILES string of the molecule is CCCCC(CN)NC(=O)c1cc(Br)cn1CC.Cl. The lowest BCUT2D eigenvalue weighted by atomic mass is 10.1. The predicted molar refractivity (Wildman–Crippen MR) is 84.9 cm³/mol. The van der Waals surface area contributed by atoms with Crippen LogP contribution in [0.2, 0.25) is 0 Å². The van der Waals surface area contributed by atoms with Gasteiger partial charge in [0.2, 0.25) is 0 Å². The largest absolute Gasteiger partial charge is 0.347 e. The molecule has 1 aromatic rings. The smallest absolute Gasteiger partial charge is 0.268 e. The number of aromatic nitrogens is 1. The van der Waals surface area contributed by atoms with Crippen molar-refractivity contribution < 1.29 is 4.79 Å². The van der Waals surface area contributed by atoms with E-state index in [9.17, 15) is 4.79 Å². The molecule has 0 spiro atoms. The highest BCUT2D eigenvalue weighted by Gasteiger charge is 2.15. The van der Waals surface area contributed by atoms with Crippen LogP contribution in [0.3, 0.4) is 0 Å². The van der Waals surface area contributed by atoms with E-state index in [1.807, 2.05) is 23.8 Å². The van der Waals surface area contributed by atoms with Crippen molar-refractivity contribution in [2.45, 2.75) is 45.7 Å². The lowest BCUT2D eigenvalue weighted by molar-refractivity contribution is 0.0926. The number of nitrogens with zero attached hydrogens (tertiary/aromatic N) is 1. The lowest BCUT2D eigenvalue weighted by Crippen LogP contribution is -2.40. The van der Waals surface area contributed by atoms with Gasteiger partial charge in [-0.3, -0.25) is 4.79 Å². The zero-order valence-corrected chi connectivity index (χ0v) is 13.9. The van der Waals surface area contributed by atoms with E-state index in [0.717, 1.165) is 30.3 Å². The third kappa shape index (κ3) is 5.55. The Morgan fingerprint density at radius 1 is 1.53 bits per heavy atom. The summed E-state index contributed by atoms with van der Waals surface area (Å²) in [7, 11) is 0. The number of unbranched alkanes of at least 4 members (excludes halogenated alkanes) is 1. The maximum atomic E-state index is 12.2. The monoisotopic (exact) mass is 351 g/mol. The molecule has 1 unspecified atom stereocenters. The Labute approximate surface area is 129 Å². The molecule has 1 amide bonds. The molecule has 0 aromatic carbocycles. The number of halogens is 2. The van der Waals surface area contributed by atoms with Crippen molar-refractivity contribution >= 4 is 34.2 Å². The van der Waals surface area contributed by atoms with Crippen LogP contribution < -0.4 is 11.1 Å². The van der Waals surface area contributed by atoms with Gasteiger partial charge in [0.25, 0.3) is 5.91 Å². The van der Waals surface area contributed by atoms with E-state index in [2.05, 4.69) is 28.2 Å². The van der Waals surface area contributed by atoms with Crippen LogP contribution in [0, 0.1) is 0 Å². The van der Waals surface area contributed by atoms with Gasteiger partial charge in [0, 0.05) is 29.8 Å². The summed E-state index contributed by atoms with van der Waals surface area (Å²) in [5.41, 5.74) is 6.36. The molecular weight excluding hydrogens is 330 g/mol. The van der Waals surface area contributed by atoms with Gasteiger partial charge in [0.05, 0.1) is 0 Å². The Kier molecular flexibility index (Phi) is 9.14. The first-order valence-electron chi connectivity index (χ1n) is 6.48. The summed E-state index contributed by atoms with van der Waals surface area (Å²) < 4.78 is 2.85. The van der Waals surface area contributed by atoms with Crippen molar-refractivity contribution in [2.24, 2.45) is 5.73 Å². The molecular formula is C13H23BrClN3O. The fraction of sp³-hybridized carbons (Fsp3) is 0.615. The first kappa shape index (κ1) is 18.5. The van der Waals surface area contributed by atoms with E-state index < -0.39 is 0 Å². The van der Waals surface area contributed by atoms with Gasteiger partial charge in [-0.1, -0.05) is 19.8 Å². The highest BCUT2D eigenvalue weighted by Crippen LogP contribution is 2.15. The van der Waals surface area contributed by atoms with Gasteiger partial charge in [-0.15, -0.1) is 12.4 Å². The minimum absolute atomic E-state index is 0. The van der Waals surface area contributed by atoms with Gasteiger partial charge >= 0.3 is 0 Å². The summed E-state index contributed by atoms with van der Waals surface area (Å²) in [5.74, 6) is -0.0471. The first-order valence-corrected chi connectivity index (χ1v) is 7.28. The fourth-order valence-electron chi connectivity index (χ4n) is 1.89. The second-order valence-electron chi connectivity index (χ2n) is 4.38. The summed E-state index contributed by atoms with van der Waals surface area (Å²) in [6.45, 7) is 5.41. The lowest BCUT2D eigenvalue weighted by Gasteiger charge is -2.17. The number of nitrogens with one attached hydrogen (secondary N) is 1. The van der Waals surface area contributed by atoms with E-state index in [4.69, 9.17) is 5.73 Å². The summed E-state index contributed by atoms with van der Waals surface area (Å²) in [5, 5.41) is 3.00. The van der Waals surface area contributed by atoms with Crippen LogP contribution in [0.15, 0.2) is 16.7 Å². The van der Waals surface area contributed by atoms with Crippen LogP contribution in [0.25, 0.3) is 0 Å². The van der Waals surface area contributed by atoms with Crippen molar-refractivity contribution in [3.05, 3.63) is 22.4 Å². The van der Waals surface area contributed by atoms with Crippen molar-refractivity contribution in [3.8, 4) is 0 Å². The summed E-state index contributed by atoms with van der Waals surface area (Å²) in [6, 6.07) is 1.91. The van der Waals surface area contributed by atoms with Gasteiger partial charge in [0.15, 0.2) is 0 Å². The van der Waals surface area contributed by atoms with E-state index in [-0.39, 0.29) is 24.4 Å². The number of rotatable bonds is 7. The van der Waals surface area contributed by atoms with Gasteiger partial charge < -0.3 is 15.6 Å². The number of nitrogens with two attached hydrogens (primary N) is 1. The van der Waals surface area contributed by atoms with Crippen molar-refractivity contribution in [2.75, 3.05) is 6.54 Å². The summed E-state index contributed by atoms with van der Waals surface area (Å²) in [6.07, 6.45) is 5.05. The van der Waals surface area contributed by atoms with E-state index >= 15 is 0 Å². The highest BCUT2D eigenvalue weighted by molar-refractivity contribution is 9.10.